The Balaban J connectivity index is 2.37. The highest BCUT2D eigenvalue weighted by Crippen LogP contribution is 2.17. The summed E-state index contributed by atoms with van der Waals surface area (Å²) in [6, 6.07) is 0. The van der Waals surface area contributed by atoms with Gasteiger partial charge in [-0.25, -0.2) is 0 Å². The molecule has 2 amide bonds. The molecule has 1 atom stereocenters. The van der Waals surface area contributed by atoms with Crippen LogP contribution in [0.15, 0.2) is 0 Å². The molecule has 0 aromatic rings. The molecule has 0 aliphatic carbocycles. The second-order valence-corrected chi connectivity index (χ2v) is 4.54. The van der Waals surface area contributed by atoms with Gasteiger partial charge >= 0.3 is 0 Å². The van der Waals surface area contributed by atoms with E-state index in [0.717, 1.165) is 32.2 Å². The largest absolute Gasteiger partial charge is 0.359 e. The lowest BCUT2D eigenvalue weighted by Gasteiger charge is -2.31. The van der Waals surface area contributed by atoms with Crippen molar-refractivity contribution in [1.29, 1.82) is 0 Å². The minimum atomic E-state index is -0.0350. The van der Waals surface area contributed by atoms with Crippen molar-refractivity contribution >= 4 is 11.8 Å². The number of likely N-dealkylation sites (tertiary alicyclic amines) is 1. The molecule has 0 bridgehead atoms. The van der Waals surface area contributed by atoms with E-state index in [1.54, 1.807) is 7.05 Å². The van der Waals surface area contributed by atoms with Gasteiger partial charge in [-0.2, -0.15) is 0 Å². The fourth-order valence-corrected chi connectivity index (χ4v) is 2.20. The van der Waals surface area contributed by atoms with E-state index in [1.807, 2.05) is 4.90 Å². The molecule has 5 heteroatoms. The molecule has 1 saturated heterocycles. The first kappa shape index (κ1) is 14.0. The summed E-state index contributed by atoms with van der Waals surface area (Å²) in [7, 11) is 1.64. The average molecular weight is 241 g/mol. The maximum Gasteiger partial charge on any atom is 0.224 e. The van der Waals surface area contributed by atoms with E-state index in [-0.39, 0.29) is 17.7 Å². The molecule has 1 unspecified atom stereocenters. The highest BCUT2D eigenvalue weighted by Gasteiger charge is 2.27. The summed E-state index contributed by atoms with van der Waals surface area (Å²) >= 11 is 0. The molecule has 17 heavy (non-hydrogen) atoms. The minimum Gasteiger partial charge on any atom is -0.359 e. The predicted molar refractivity (Wildman–Crippen MR) is 66.3 cm³/mol. The van der Waals surface area contributed by atoms with Gasteiger partial charge < -0.3 is 16.0 Å². The Morgan fingerprint density at radius 1 is 1.41 bits per heavy atom. The highest BCUT2D eigenvalue weighted by atomic mass is 16.2. The van der Waals surface area contributed by atoms with Gasteiger partial charge in [0, 0.05) is 26.6 Å². The van der Waals surface area contributed by atoms with Crippen LogP contribution in [-0.4, -0.2) is 43.4 Å². The third-order valence-electron chi connectivity index (χ3n) is 3.24. The SMILES string of the molecule is CNC(=O)C1CCCN(C(=O)CCCCN)C1. The average Bonchev–Trinajstić information content (AvgIpc) is 2.38. The Morgan fingerprint density at radius 2 is 2.18 bits per heavy atom. The van der Waals surface area contributed by atoms with Crippen molar-refractivity contribution in [2.24, 2.45) is 11.7 Å². The van der Waals surface area contributed by atoms with E-state index in [4.69, 9.17) is 5.73 Å². The molecule has 1 aliphatic rings. The van der Waals surface area contributed by atoms with E-state index in [2.05, 4.69) is 5.32 Å². The molecule has 1 heterocycles. The number of unbranched alkanes of at least 4 members (excludes halogenated alkanes) is 1. The molecule has 0 aromatic carbocycles. The zero-order valence-electron chi connectivity index (χ0n) is 10.6. The summed E-state index contributed by atoms with van der Waals surface area (Å²) in [5, 5.41) is 2.65. The summed E-state index contributed by atoms with van der Waals surface area (Å²) in [6.45, 7) is 1.99. The molecule has 98 valence electrons. The zero-order valence-corrected chi connectivity index (χ0v) is 10.6. The predicted octanol–water partition coefficient (Wildman–Crippen LogP) is 0.100. The molecule has 0 saturated carbocycles. The molecular weight excluding hydrogens is 218 g/mol. The minimum absolute atomic E-state index is 0.0350. The van der Waals surface area contributed by atoms with Crippen LogP contribution in [0.2, 0.25) is 0 Å². The van der Waals surface area contributed by atoms with Crippen LogP contribution in [0.4, 0.5) is 0 Å². The summed E-state index contributed by atoms with van der Waals surface area (Å²) in [5.74, 6) is 0.170. The van der Waals surface area contributed by atoms with Crippen molar-refractivity contribution in [3.8, 4) is 0 Å². The second kappa shape index (κ2) is 7.27. The van der Waals surface area contributed by atoms with E-state index in [9.17, 15) is 9.59 Å². The van der Waals surface area contributed by atoms with Crippen LogP contribution in [0.5, 0.6) is 0 Å². The number of carbonyl (C=O) groups is 2. The fraction of sp³-hybridized carbons (Fsp3) is 0.833. The van der Waals surface area contributed by atoms with Gasteiger partial charge in [-0.15, -0.1) is 0 Å². The molecule has 1 fully saturated rings. The third kappa shape index (κ3) is 4.34. The van der Waals surface area contributed by atoms with Crippen LogP contribution in [0, 0.1) is 5.92 Å². The Hall–Kier alpha value is -1.10. The van der Waals surface area contributed by atoms with Gasteiger partial charge in [0.25, 0.3) is 0 Å². The van der Waals surface area contributed by atoms with Crippen molar-refractivity contribution in [2.45, 2.75) is 32.1 Å². The van der Waals surface area contributed by atoms with E-state index in [1.165, 1.54) is 0 Å². The van der Waals surface area contributed by atoms with Crippen LogP contribution < -0.4 is 11.1 Å². The quantitative estimate of drug-likeness (QED) is 0.670. The Morgan fingerprint density at radius 3 is 2.82 bits per heavy atom. The monoisotopic (exact) mass is 241 g/mol. The summed E-state index contributed by atoms with van der Waals surface area (Å²) in [4.78, 5) is 25.2. The number of hydrogen-bond donors (Lipinski definition) is 2. The summed E-state index contributed by atoms with van der Waals surface area (Å²) in [6.07, 6.45) is 4.08. The molecule has 0 aromatic heterocycles. The van der Waals surface area contributed by atoms with Crippen LogP contribution >= 0.6 is 0 Å². The first-order valence-electron chi connectivity index (χ1n) is 6.38. The van der Waals surface area contributed by atoms with Crippen molar-refractivity contribution in [2.75, 3.05) is 26.7 Å². The van der Waals surface area contributed by atoms with Crippen molar-refractivity contribution in [3.63, 3.8) is 0 Å². The smallest absolute Gasteiger partial charge is 0.224 e. The number of hydrogen-bond acceptors (Lipinski definition) is 3. The maximum absolute atomic E-state index is 11.9. The number of nitrogens with zero attached hydrogens (tertiary/aromatic N) is 1. The molecule has 1 aliphatic heterocycles. The standard InChI is InChI=1S/C12H23N3O2/c1-14-12(17)10-5-4-8-15(9-10)11(16)6-2-3-7-13/h10H,2-9,13H2,1H3,(H,14,17). The molecule has 0 radical (unpaired) electrons. The van der Waals surface area contributed by atoms with E-state index >= 15 is 0 Å². The number of carbonyl (C=O) groups excluding carboxylic acids is 2. The Labute approximate surface area is 103 Å². The van der Waals surface area contributed by atoms with E-state index in [0.29, 0.717) is 19.5 Å². The van der Waals surface area contributed by atoms with Crippen molar-refractivity contribution in [3.05, 3.63) is 0 Å². The van der Waals surface area contributed by atoms with Gasteiger partial charge in [0.05, 0.1) is 5.92 Å². The number of piperidine rings is 1. The van der Waals surface area contributed by atoms with Crippen molar-refractivity contribution < 1.29 is 9.59 Å². The molecule has 3 N–H and O–H groups in total. The lowest BCUT2D eigenvalue weighted by Crippen LogP contribution is -2.44. The van der Waals surface area contributed by atoms with Crippen molar-refractivity contribution in [1.82, 2.24) is 10.2 Å². The third-order valence-corrected chi connectivity index (χ3v) is 3.24. The normalized spacial score (nSPS) is 20.1. The fourth-order valence-electron chi connectivity index (χ4n) is 2.20. The molecule has 0 spiro atoms. The topological polar surface area (TPSA) is 75.4 Å². The lowest BCUT2D eigenvalue weighted by molar-refractivity contribution is -0.135. The summed E-state index contributed by atoms with van der Waals surface area (Å²) < 4.78 is 0. The number of nitrogens with two attached hydrogens (primary N) is 1. The van der Waals surface area contributed by atoms with Crippen LogP contribution in [0.1, 0.15) is 32.1 Å². The molecule has 1 rings (SSSR count). The van der Waals surface area contributed by atoms with Crippen LogP contribution in [-0.2, 0) is 9.59 Å². The number of nitrogens with one attached hydrogen (secondary N) is 1. The van der Waals surface area contributed by atoms with Gasteiger partial charge in [-0.3, -0.25) is 9.59 Å². The van der Waals surface area contributed by atoms with Crippen LogP contribution in [0.25, 0.3) is 0 Å². The molecule has 5 nitrogen and oxygen atoms in total. The number of amides is 2. The maximum atomic E-state index is 11.9. The van der Waals surface area contributed by atoms with Crippen LogP contribution in [0.3, 0.4) is 0 Å². The van der Waals surface area contributed by atoms with Gasteiger partial charge in [0.2, 0.25) is 11.8 Å². The van der Waals surface area contributed by atoms with Gasteiger partial charge in [-0.05, 0) is 32.2 Å². The van der Waals surface area contributed by atoms with Gasteiger partial charge in [-0.1, -0.05) is 0 Å². The lowest BCUT2D eigenvalue weighted by atomic mass is 9.97. The Bertz CT molecular complexity index is 268. The first-order chi connectivity index (χ1) is 8.19. The first-order valence-corrected chi connectivity index (χ1v) is 6.38. The van der Waals surface area contributed by atoms with Gasteiger partial charge in [0.15, 0.2) is 0 Å². The molecular formula is C12H23N3O2. The Kier molecular flexibility index (Phi) is 5.97. The van der Waals surface area contributed by atoms with Gasteiger partial charge in [0.1, 0.15) is 0 Å². The second-order valence-electron chi connectivity index (χ2n) is 4.54. The highest BCUT2D eigenvalue weighted by molar-refractivity contribution is 5.81. The zero-order chi connectivity index (χ0) is 12.7. The van der Waals surface area contributed by atoms with E-state index < -0.39 is 0 Å². The summed E-state index contributed by atoms with van der Waals surface area (Å²) in [5.41, 5.74) is 5.40. The number of rotatable bonds is 5.